The van der Waals surface area contributed by atoms with Gasteiger partial charge in [0.25, 0.3) is 0 Å². The summed E-state index contributed by atoms with van der Waals surface area (Å²) in [5, 5.41) is 0. The number of carbonyl (C=O) groups excluding carboxylic acids is 1. The first-order valence-corrected chi connectivity index (χ1v) is 10.4. The van der Waals surface area contributed by atoms with Crippen LogP contribution in [0.4, 0.5) is 10.1 Å². The Morgan fingerprint density at radius 1 is 0.759 bits per heavy atom. The summed E-state index contributed by atoms with van der Waals surface area (Å²) in [6.45, 7) is 7.95. The Morgan fingerprint density at radius 2 is 1.38 bits per heavy atom. The molecule has 154 valence electrons. The largest absolute Gasteiger partial charge is 0.366 e. The molecule has 2 heterocycles. The van der Waals surface area contributed by atoms with Crippen LogP contribution in [0.5, 0.6) is 0 Å². The van der Waals surface area contributed by atoms with Gasteiger partial charge in [-0.2, -0.15) is 0 Å². The summed E-state index contributed by atoms with van der Waals surface area (Å²) in [7, 11) is 0. The van der Waals surface area contributed by atoms with E-state index in [4.69, 9.17) is 0 Å². The number of halogens is 1. The Labute approximate surface area is 172 Å². The lowest BCUT2D eigenvalue weighted by Gasteiger charge is -2.38. The molecule has 0 spiro atoms. The van der Waals surface area contributed by atoms with E-state index in [0.29, 0.717) is 38.4 Å². The van der Waals surface area contributed by atoms with Crippen LogP contribution in [-0.2, 0) is 11.3 Å². The third-order valence-electron chi connectivity index (χ3n) is 5.90. The minimum Gasteiger partial charge on any atom is -0.366 e. The fraction of sp³-hybridized carbons (Fsp3) is 0.435. The first-order valence-electron chi connectivity index (χ1n) is 10.4. The highest BCUT2D eigenvalue weighted by Crippen LogP contribution is 2.20. The second-order valence-corrected chi connectivity index (χ2v) is 7.86. The number of para-hydroxylation sites is 1. The molecule has 2 fully saturated rings. The Kier molecular flexibility index (Phi) is 6.42. The third kappa shape index (κ3) is 5.14. The van der Waals surface area contributed by atoms with E-state index in [1.807, 2.05) is 28.0 Å². The number of hydrogen-bond acceptors (Lipinski definition) is 4. The van der Waals surface area contributed by atoms with Gasteiger partial charge in [0.2, 0.25) is 5.91 Å². The van der Waals surface area contributed by atoms with Crippen molar-refractivity contribution >= 4 is 11.6 Å². The van der Waals surface area contributed by atoms with Gasteiger partial charge in [0.05, 0.1) is 12.2 Å². The maximum atomic E-state index is 14.0. The van der Waals surface area contributed by atoms with Gasteiger partial charge in [-0.3, -0.25) is 14.6 Å². The fourth-order valence-corrected chi connectivity index (χ4v) is 4.14. The summed E-state index contributed by atoms with van der Waals surface area (Å²) in [4.78, 5) is 21.4. The van der Waals surface area contributed by atoms with Crippen LogP contribution < -0.4 is 4.90 Å². The smallest absolute Gasteiger partial charge is 0.236 e. The van der Waals surface area contributed by atoms with Crippen LogP contribution >= 0.6 is 0 Å². The van der Waals surface area contributed by atoms with E-state index in [9.17, 15) is 9.18 Å². The van der Waals surface area contributed by atoms with Crippen LogP contribution in [0, 0.1) is 5.82 Å². The standard InChI is InChI=1S/C23H29FN4O/c24-21-8-4-5-9-22(21)27-14-16-28(17-15-27)23(29)19-26-12-10-25(11-13-26)18-20-6-2-1-3-7-20/h1-9H,10-19H2. The second kappa shape index (κ2) is 9.37. The summed E-state index contributed by atoms with van der Waals surface area (Å²) in [5.74, 6) is -0.00431. The summed E-state index contributed by atoms with van der Waals surface area (Å²) in [5.41, 5.74) is 1.97. The molecule has 1 amide bonds. The molecule has 0 saturated carbocycles. The van der Waals surface area contributed by atoms with Crippen molar-refractivity contribution in [1.82, 2.24) is 14.7 Å². The quantitative estimate of drug-likeness (QED) is 0.776. The van der Waals surface area contributed by atoms with Crippen molar-refractivity contribution < 1.29 is 9.18 Å². The SMILES string of the molecule is O=C(CN1CCN(Cc2ccccc2)CC1)N1CCN(c2ccccc2F)CC1. The number of amides is 1. The zero-order valence-electron chi connectivity index (χ0n) is 16.8. The van der Waals surface area contributed by atoms with Crippen molar-refractivity contribution in [3.8, 4) is 0 Å². The normalized spacial score (nSPS) is 18.8. The number of rotatable bonds is 5. The second-order valence-electron chi connectivity index (χ2n) is 7.86. The number of piperazine rings is 2. The minimum absolute atomic E-state index is 0.190. The topological polar surface area (TPSA) is 30.0 Å². The van der Waals surface area contributed by atoms with Crippen molar-refractivity contribution in [3.63, 3.8) is 0 Å². The zero-order valence-corrected chi connectivity index (χ0v) is 16.8. The molecule has 5 nitrogen and oxygen atoms in total. The van der Waals surface area contributed by atoms with Crippen LogP contribution in [0.25, 0.3) is 0 Å². The molecule has 0 aromatic heterocycles. The number of hydrogen-bond donors (Lipinski definition) is 0. The molecule has 0 unspecified atom stereocenters. The summed E-state index contributed by atoms with van der Waals surface area (Å²) in [6, 6.07) is 17.4. The molecule has 0 aliphatic carbocycles. The molecule has 6 heteroatoms. The molecular formula is C23H29FN4O. The van der Waals surface area contributed by atoms with Crippen molar-refractivity contribution in [2.75, 3.05) is 63.8 Å². The lowest BCUT2D eigenvalue weighted by molar-refractivity contribution is -0.133. The Morgan fingerprint density at radius 3 is 2.07 bits per heavy atom. The first kappa shape index (κ1) is 19.9. The molecule has 2 aliphatic heterocycles. The lowest BCUT2D eigenvalue weighted by Crippen LogP contribution is -2.53. The zero-order chi connectivity index (χ0) is 20.1. The number of anilines is 1. The lowest BCUT2D eigenvalue weighted by atomic mass is 10.2. The van der Waals surface area contributed by atoms with Crippen molar-refractivity contribution in [3.05, 3.63) is 66.0 Å². The fourth-order valence-electron chi connectivity index (χ4n) is 4.14. The van der Waals surface area contributed by atoms with Crippen molar-refractivity contribution in [1.29, 1.82) is 0 Å². The van der Waals surface area contributed by atoms with Gasteiger partial charge in [-0.25, -0.2) is 4.39 Å². The average molecular weight is 397 g/mol. The van der Waals surface area contributed by atoms with Crippen LogP contribution in [0.15, 0.2) is 54.6 Å². The predicted octanol–water partition coefficient (Wildman–Crippen LogP) is 2.29. The molecular weight excluding hydrogens is 367 g/mol. The highest BCUT2D eigenvalue weighted by atomic mass is 19.1. The Hall–Kier alpha value is -2.44. The van der Waals surface area contributed by atoms with E-state index < -0.39 is 0 Å². The molecule has 2 saturated heterocycles. The maximum Gasteiger partial charge on any atom is 0.236 e. The van der Waals surface area contributed by atoms with Crippen LogP contribution in [0.1, 0.15) is 5.56 Å². The van der Waals surface area contributed by atoms with Crippen LogP contribution in [0.3, 0.4) is 0 Å². The van der Waals surface area contributed by atoms with Crippen molar-refractivity contribution in [2.24, 2.45) is 0 Å². The molecule has 29 heavy (non-hydrogen) atoms. The molecule has 0 bridgehead atoms. The highest BCUT2D eigenvalue weighted by Gasteiger charge is 2.25. The monoisotopic (exact) mass is 396 g/mol. The molecule has 0 radical (unpaired) electrons. The van der Waals surface area contributed by atoms with Gasteiger partial charge < -0.3 is 9.80 Å². The van der Waals surface area contributed by atoms with Gasteiger partial charge in [0.15, 0.2) is 0 Å². The van der Waals surface area contributed by atoms with Gasteiger partial charge in [0.1, 0.15) is 5.82 Å². The van der Waals surface area contributed by atoms with Gasteiger partial charge in [-0.05, 0) is 17.7 Å². The Bertz CT molecular complexity index is 800. The number of carbonyl (C=O) groups is 1. The third-order valence-corrected chi connectivity index (χ3v) is 5.90. The van der Waals surface area contributed by atoms with E-state index in [1.54, 1.807) is 6.07 Å². The van der Waals surface area contributed by atoms with Gasteiger partial charge >= 0.3 is 0 Å². The molecule has 2 aliphatic rings. The number of nitrogens with zero attached hydrogens (tertiary/aromatic N) is 4. The molecule has 0 atom stereocenters. The van der Waals surface area contributed by atoms with Gasteiger partial charge in [0, 0.05) is 58.9 Å². The first-order chi connectivity index (χ1) is 14.2. The van der Waals surface area contributed by atoms with E-state index >= 15 is 0 Å². The summed E-state index contributed by atoms with van der Waals surface area (Å²) >= 11 is 0. The molecule has 4 rings (SSSR count). The average Bonchev–Trinajstić information content (AvgIpc) is 2.76. The Balaban J connectivity index is 1.20. The van der Waals surface area contributed by atoms with Gasteiger partial charge in [-0.1, -0.05) is 42.5 Å². The highest BCUT2D eigenvalue weighted by molar-refractivity contribution is 5.78. The van der Waals surface area contributed by atoms with Gasteiger partial charge in [-0.15, -0.1) is 0 Å². The molecule has 2 aromatic rings. The molecule has 0 N–H and O–H groups in total. The van der Waals surface area contributed by atoms with E-state index in [0.717, 1.165) is 32.7 Å². The number of benzene rings is 2. The molecule has 2 aromatic carbocycles. The van der Waals surface area contributed by atoms with E-state index in [2.05, 4.69) is 34.1 Å². The minimum atomic E-state index is -0.194. The van der Waals surface area contributed by atoms with Crippen LogP contribution in [0.2, 0.25) is 0 Å². The van der Waals surface area contributed by atoms with Crippen LogP contribution in [-0.4, -0.2) is 79.5 Å². The predicted molar refractivity (Wildman–Crippen MR) is 113 cm³/mol. The summed E-state index contributed by atoms with van der Waals surface area (Å²) in [6.07, 6.45) is 0. The maximum absolute atomic E-state index is 14.0. The summed E-state index contributed by atoms with van der Waals surface area (Å²) < 4.78 is 14.0. The van der Waals surface area contributed by atoms with Crippen molar-refractivity contribution in [2.45, 2.75) is 6.54 Å². The van der Waals surface area contributed by atoms with E-state index in [-0.39, 0.29) is 11.7 Å². The van der Waals surface area contributed by atoms with E-state index in [1.165, 1.54) is 11.6 Å².